The average molecular weight is 265 g/mol. The van der Waals surface area contributed by atoms with Gasteiger partial charge in [0.05, 0.1) is 10.6 Å². The minimum Gasteiger partial charge on any atom is -0.306 e. The van der Waals surface area contributed by atoms with Crippen LogP contribution in [0.5, 0.6) is 0 Å². The molecule has 18 heavy (non-hydrogen) atoms. The van der Waals surface area contributed by atoms with Gasteiger partial charge in [-0.15, -0.1) is 0 Å². The van der Waals surface area contributed by atoms with E-state index in [1.807, 2.05) is 12.1 Å². The molecule has 0 radical (unpaired) electrons. The lowest BCUT2D eigenvalue weighted by Crippen LogP contribution is -2.35. The van der Waals surface area contributed by atoms with Gasteiger partial charge in [-0.2, -0.15) is 0 Å². The van der Waals surface area contributed by atoms with Gasteiger partial charge in [0.15, 0.2) is 9.84 Å². The maximum atomic E-state index is 12.1. The van der Waals surface area contributed by atoms with Crippen molar-refractivity contribution in [3.05, 3.63) is 29.8 Å². The smallest absolute Gasteiger partial charge is 0.180 e. The summed E-state index contributed by atoms with van der Waals surface area (Å²) >= 11 is 0. The van der Waals surface area contributed by atoms with Crippen LogP contribution >= 0.6 is 0 Å². The molecular weight excluding hydrogens is 246 g/mol. The predicted molar refractivity (Wildman–Crippen MR) is 71.2 cm³/mol. The van der Waals surface area contributed by atoms with Gasteiger partial charge in [0.25, 0.3) is 0 Å². The Morgan fingerprint density at radius 1 is 1.06 bits per heavy atom. The van der Waals surface area contributed by atoms with E-state index >= 15 is 0 Å². The molecule has 0 amide bonds. The molecule has 1 fully saturated rings. The Kier molecular flexibility index (Phi) is 3.16. The fourth-order valence-corrected chi connectivity index (χ4v) is 4.89. The average Bonchev–Trinajstić information content (AvgIpc) is 2.63. The third-order valence-electron chi connectivity index (χ3n) is 4.06. The van der Waals surface area contributed by atoms with Gasteiger partial charge in [0, 0.05) is 12.1 Å². The largest absolute Gasteiger partial charge is 0.306 e. The summed E-state index contributed by atoms with van der Waals surface area (Å²) in [4.78, 5) is 0.526. The monoisotopic (exact) mass is 265 g/mol. The summed E-state index contributed by atoms with van der Waals surface area (Å²) in [6.07, 6.45) is 6.20. The Bertz CT molecular complexity index is 532. The highest BCUT2D eigenvalue weighted by Gasteiger charge is 2.35. The second-order valence-electron chi connectivity index (χ2n) is 5.37. The molecule has 1 atom stereocenters. The fraction of sp³-hybridized carbons (Fsp3) is 0.571. The summed E-state index contributed by atoms with van der Waals surface area (Å²) in [6.45, 7) is 0. The van der Waals surface area contributed by atoms with Crippen molar-refractivity contribution in [2.45, 2.75) is 49.1 Å². The van der Waals surface area contributed by atoms with Crippen LogP contribution in [-0.4, -0.2) is 20.2 Å². The van der Waals surface area contributed by atoms with E-state index in [1.165, 1.54) is 32.1 Å². The van der Waals surface area contributed by atoms with Gasteiger partial charge < -0.3 is 5.32 Å². The molecule has 1 saturated carbocycles. The van der Waals surface area contributed by atoms with Crippen molar-refractivity contribution in [2.24, 2.45) is 0 Å². The van der Waals surface area contributed by atoms with Crippen LogP contribution in [0, 0.1) is 0 Å². The molecule has 4 heteroatoms. The molecule has 1 unspecified atom stereocenters. The van der Waals surface area contributed by atoms with Crippen molar-refractivity contribution >= 4 is 9.84 Å². The van der Waals surface area contributed by atoms with Crippen molar-refractivity contribution in [3.8, 4) is 0 Å². The van der Waals surface area contributed by atoms with Crippen LogP contribution in [0.25, 0.3) is 0 Å². The summed E-state index contributed by atoms with van der Waals surface area (Å²) in [6, 6.07) is 7.89. The fourth-order valence-electron chi connectivity index (χ4n) is 3.14. The molecule has 1 aliphatic heterocycles. The first-order valence-corrected chi connectivity index (χ1v) is 8.40. The van der Waals surface area contributed by atoms with Crippen molar-refractivity contribution < 1.29 is 8.42 Å². The van der Waals surface area contributed by atoms with E-state index in [0.717, 1.165) is 5.56 Å². The molecular formula is C14H19NO2S. The Hall–Kier alpha value is -0.870. The Morgan fingerprint density at radius 2 is 1.78 bits per heavy atom. The number of sulfone groups is 1. The van der Waals surface area contributed by atoms with Gasteiger partial charge in [-0.05, 0) is 24.5 Å². The second-order valence-corrected chi connectivity index (χ2v) is 7.38. The lowest BCUT2D eigenvalue weighted by Gasteiger charge is -2.26. The number of nitrogens with one attached hydrogen (secondary N) is 1. The van der Waals surface area contributed by atoms with Crippen LogP contribution < -0.4 is 5.32 Å². The maximum Gasteiger partial charge on any atom is 0.180 e. The number of rotatable bonds is 2. The normalized spacial score (nSPS) is 27.0. The first kappa shape index (κ1) is 12.2. The zero-order chi connectivity index (χ0) is 12.6. The summed E-state index contributed by atoms with van der Waals surface area (Å²) in [5.41, 5.74) is 0.961. The molecule has 0 aromatic heterocycles. The number of hydrogen-bond donors (Lipinski definition) is 1. The van der Waals surface area contributed by atoms with Crippen molar-refractivity contribution in [3.63, 3.8) is 0 Å². The molecule has 1 aromatic rings. The van der Waals surface area contributed by atoms with Crippen LogP contribution in [0.15, 0.2) is 29.2 Å². The maximum absolute atomic E-state index is 12.1. The zero-order valence-electron chi connectivity index (χ0n) is 10.4. The van der Waals surface area contributed by atoms with E-state index in [1.54, 1.807) is 12.1 Å². The molecule has 1 heterocycles. The summed E-state index contributed by atoms with van der Waals surface area (Å²) in [5.74, 6) is 0.225. The summed E-state index contributed by atoms with van der Waals surface area (Å²) in [5, 5.41) is 3.55. The Morgan fingerprint density at radius 3 is 2.56 bits per heavy atom. The Labute approximate surface area is 109 Å². The molecule has 3 rings (SSSR count). The van der Waals surface area contributed by atoms with Crippen molar-refractivity contribution in [1.29, 1.82) is 0 Å². The van der Waals surface area contributed by atoms with Crippen LogP contribution in [-0.2, 0) is 9.84 Å². The highest BCUT2D eigenvalue weighted by atomic mass is 32.2. The molecule has 98 valence electrons. The molecule has 0 spiro atoms. The quantitative estimate of drug-likeness (QED) is 0.893. The highest BCUT2D eigenvalue weighted by molar-refractivity contribution is 7.91. The second kappa shape index (κ2) is 4.67. The standard InChI is InChI=1S/C14H19NO2S/c16-18(17)10-13(12-8-4-5-9-14(12)18)15-11-6-2-1-3-7-11/h4-5,8-9,11,13,15H,1-3,6-7,10H2. The summed E-state index contributed by atoms with van der Waals surface area (Å²) < 4.78 is 24.1. The molecule has 1 aliphatic carbocycles. The SMILES string of the molecule is O=S1(=O)CC(NC2CCCCC2)c2ccccc21. The van der Waals surface area contributed by atoms with Gasteiger partial charge >= 0.3 is 0 Å². The van der Waals surface area contributed by atoms with E-state index in [9.17, 15) is 8.42 Å². The lowest BCUT2D eigenvalue weighted by molar-refractivity contribution is 0.348. The number of hydrogen-bond acceptors (Lipinski definition) is 3. The van der Waals surface area contributed by atoms with E-state index < -0.39 is 9.84 Å². The van der Waals surface area contributed by atoms with E-state index in [-0.39, 0.29) is 11.8 Å². The lowest BCUT2D eigenvalue weighted by atomic mass is 9.94. The van der Waals surface area contributed by atoms with Crippen molar-refractivity contribution in [1.82, 2.24) is 5.32 Å². The molecule has 0 saturated heterocycles. The third-order valence-corrected chi connectivity index (χ3v) is 5.87. The highest BCUT2D eigenvalue weighted by Crippen LogP contribution is 2.34. The molecule has 1 N–H and O–H groups in total. The third kappa shape index (κ3) is 2.19. The van der Waals surface area contributed by atoms with Gasteiger partial charge in [0.1, 0.15) is 0 Å². The van der Waals surface area contributed by atoms with Crippen molar-refractivity contribution in [2.75, 3.05) is 5.75 Å². The van der Waals surface area contributed by atoms with E-state index in [0.29, 0.717) is 10.9 Å². The van der Waals surface area contributed by atoms with Gasteiger partial charge in [-0.1, -0.05) is 37.5 Å². The molecule has 2 aliphatic rings. The van der Waals surface area contributed by atoms with Crippen LogP contribution in [0.3, 0.4) is 0 Å². The van der Waals surface area contributed by atoms with Gasteiger partial charge in [0.2, 0.25) is 0 Å². The zero-order valence-corrected chi connectivity index (χ0v) is 11.2. The first-order valence-electron chi connectivity index (χ1n) is 6.74. The van der Waals surface area contributed by atoms with Gasteiger partial charge in [-0.25, -0.2) is 8.42 Å². The number of benzene rings is 1. The van der Waals surface area contributed by atoms with Crippen LogP contribution in [0.1, 0.15) is 43.7 Å². The topological polar surface area (TPSA) is 46.2 Å². The first-order chi connectivity index (χ1) is 8.67. The minimum absolute atomic E-state index is 0.00528. The predicted octanol–water partition coefficient (Wildman–Crippen LogP) is 2.44. The molecule has 3 nitrogen and oxygen atoms in total. The minimum atomic E-state index is -3.07. The van der Waals surface area contributed by atoms with E-state index in [4.69, 9.17) is 0 Å². The molecule has 0 bridgehead atoms. The van der Waals surface area contributed by atoms with Gasteiger partial charge in [-0.3, -0.25) is 0 Å². The van der Waals surface area contributed by atoms with E-state index in [2.05, 4.69) is 5.32 Å². The van der Waals surface area contributed by atoms with Crippen LogP contribution in [0.4, 0.5) is 0 Å². The number of fused-ring (bicyclic) bond motifs is 1. The molecule has 1 aromatic carbocycles. The van der Waals surface area contributed by atoms with Crippen LogP contribution in [0.2, 0.25) is 0 Å². The Balaban J connectivity index is 1.83. The summed E-state index contributed by atoms with van der Waals surface area (Å²) in [7, 11) is -3.07.